The van der Waals surface area contributed by atoms with Crippen LogP contribution in [0.4, 0.5) is 0 Å². The van der Waals surface area contributed by atoms with Crippen LogP contribution in [-0.4, -0.2) is 35.4 Å². The molecule has 4 saturated carbocycles. The maximum absolute atomic E-state index is 12.1. The number of rotatable bonds is 4. The summed E-state index contributed by atoms with van der Waals surface area (Å²) in [4.78, 5) is 23.7. The number of hydrogen-bond acceptors (Lipinski definition) is 4. The number of aliphatic hydroxyl groups excluding tert-OH is 1. The van der Waals surface area contributed by atoms with E-state index in [1.165, 1.54) is 0 Å². The summed E-state index contributed by atoms with van der Waals surface area (Å²) in [7, 11) is 0. The van der Waals surface area contributed by atoms with Crippen LogP contribution in [0.2, 0.25) is 0 Å². The number of esters is 1. The molecule has 0 aliphatic heterocycles. The summed E-state index contributed by atoms with van der Waals surface area (Å²) in [6, 6.07) is 0. The normalized spacial score (nSPS) is 44.3. The van der Waals surface area contributed by atoms with E-state index in [0.717, 1.165) is 19.3 Å². The lowest BCUT2D eigenvalue weighted by Crippen LogP contribution is -2.40. The van der Waals surface area contributed by atoms with E-state index in [1.807, 2.05) is 0 Å². The molecule has 4 aliphatic rings. The second-order valence-corrected chi connectivity index (χ2v) is 6.19. The number of aliphatic hydroxyl groups is 1. The summed E-state index contributed by atoms with van der Waals surface area (Å²) in [5, 5.41) is 18.2. The van der Waals surface area contributed by atoms with Crippen molar-refractivity contribution in [2.45, 2.75) is 32.1 Å². The molecule has 0 amide bonds. The largest absolute Gasteiger partial charge is 0.481 e. The number of carboxylic acids is 1. The Morgan fingerprint density at radius 3 is 2.67 bits per heavy atom. The molecule has 4 fully saturated rings. The third kappa shape index (κ3) is 1.37. The standard InChI is InChI=1S/C13H18O5/c14-1-2-18-11(17)12-4-8-3-9(6-12)13(5-8,7-12)10(15)16/h8-9,14H,1-7H2,(H,15,16). The van der Waals surface area contributed by atoms with Crippen molar-refractivity contribution in [2.24, 2.45) is 22.7 Å². The molecule has 2 N–H and O–H groups in total. The van der Waals surface area contributed by atoms with Crippen LogP contribution in [0, 0.1) is 22.7 Å². The number of carbonyl (C=O) groups is 2. The minimum atomic E-state index is -0.744. The third-order valence-corrected chi connectivity index (χ3v) is 5.21. The van der Waals surface area contributed by atoms with Crippen molar-refractivity contribution >= 4 is 11.9 Å². The van der Waals surface area contributed by atoms with Crippen LogP contribution >= 0.6 is 0 Å². The Balaban J connectivity index is 1.85. The first-order valence-corrected chi connectivity index (χ1v) is 6.54. The van der Waals surface area contributed by atoms with Gasteiger partial charge < -0.3 is 14.9 Å². The number of hydrogen-bond donors (Lipinski definition) is 2. The molecule has 0 aromatic carbocycles. The van der Waals surface area contributed by atoms with Crippen molar-refractivity contribution in [3.63, 3.8) is 0 Å². The van der Waals surface area contributed by atoms with Gasteiger partial charge in [-0.3, -0.25) is 9.59 Å². The van der Waals surface area contributed by atoms with Gasteiger partial charge in [-0.1, -0.05) is 0 Å². The van der Waals surface area contributed by atoms with Crippen molar-refractivity contribution in [1.29, 1.82) is 0 Å². The smallest absolute Gasteiger partial charge is 0.312 e. The summed E-state index contributed by atoms with van der Waals surface area (Å²) in [5.41, 5.74) is -1.26. The van der Waals surface area contributed by atoms with Gasteiger partial charge in [0.05, 0.1) is 17.4 Å². The molecule has 4 unspecified atom stereocenters. The Kier molecular flexibility index (Phi) is 2.46. The fourth-order valence-electron chi connectivity index (χ4n) is 4.77. The molecule has 4 aliphatic carbocycles. The van der Waals surface area contributed by atoms with E-state index in [-0.39, 0.29) is 25.1 Å². The lowest BCUT2D eigenvalue weighted by atomic mass is 9.67. The summed E-state index contributed by atoms with van der Waals surface area (Å²) in [6.45, 7) is -0.172. The molecule has 0 heterocycles. The molecule has 4 rings (SSSR count). The van der Waals surface area contributed by atoms with Crippen LogP contribution in [0.1, 0.15) is 32.1 Å². The lowest BCUT2D eigenvalue weighted by molar-refractivity contribution is -0.162. The van der Waals surface area contributed by atoms with Gasteiger partial charge in [0, 0.05) is 0 Å². The van der Waals surface area contributed by atoms with Crippen LogP contribution in [-0.2, 0) is 14.3 Å². The zero-order valence-electron chi connectivity index (χ0n) is 10.2. The van der Waals surface area contributed by atoms with Gasteiger partial charge in [-0.2, -0.15) is 0 Å². The van der Waals surface area contributed by atoms with E-state index in [4.69, 9.17) is 9.84 Å². The SMILES string of the molecule is O=C(OCCO)C12CC3CC(C1)C(C(=O)O)(C3)C2. The van der Waals surface area contributed by atoms with Crippen LogP contribution < -0.4 is 0 Å². The van der Waals surface area contributed by atoms with Gasteiger partial charge in [0.1, 0.15) is 6.61 Å². The predicted molar refractivity (Wildman–Crippen MR) is 60.6 cm³/mol. The highest BCUT2D eigenvalue weighted by Gasteiger charge is 2.70. The van der Waals surface area contributed by atoms with Gasteiger partial charge in [0.15, 0.2) is 0 Å². The molecule has 18 heavy (non-hydrogen) atoms. The van der Waals surface area contributed by atoms with E-state index < -0.39 is 16.8 Å². The second-order valence-electron chi connectivity index (χ2n) is 6.19. The Bertz CT molecular complexity index is 406. The van der Waals surface area contributed by atoms with Gasteiger partial charge >= 0.3 is 11.9 Å². The first-order chi connectivity index (χ1) is 8.52. The molecule has 0 saturated heterocycles. The van der Waals surface area contributed by atoms with E-state index in [0.29, 0.717) is 18.8 Å². The lowest BCUT2D eigenvalue weighted by Gasteiger charge is -2.37. The molecule has 0 spiro atoms. The summed E-state index contributed by atoms with van der Waals surface area (Å²) in [6.07, 6.45) is 3.52. The highest BCUT2D eigenvalue weighted by Crippen LogP contribution is 2.70. The van der Waals surface area contributed by atoms with Gasteiger partial charge in [-0.15, -0.1) is 0 Å². The summed E-state index contributed by atoms with van der Waals surface area (Å²) >= 11 is 0. The number of carbonyl (C=O) groups excluding carboxylic acids is 1. The number of carboxylic acid groups (broad SMARTS) is 1. The van der Waals surface area contributed by atoms with E-state index >= 15 is 0 Å². The van der Waals surface area contributed by atoms with Crippen molar-refractivity contribution in [2.75, 3.05) is 13.2 Å². The average Bonchev–Trinajstić information content (AvgIpc) is 2.71. The number of aliphatic carboxylic acids is 1. The first kappa shape index (κ1) is 12.0. The zero-order valence-corrected chi connectivity index (χ0v) is 10.2. The van der Waals surface area contributed by atoms with E-state index in [2.05, 4.69) is 0 Å². The van der Waals surface area contributed by atoms with E-state index in [9.17, 15) is 14.7 Å². The molecule has 5 nitrogen and oxygen atoms in total. The molecule has 100 valence electrons. The molecular weight excluding hydrogens is 236 g/mol. The Labute approximate surface area is 105 Å². The van der Waals surface area contributed by atoms with Crippen molar-refractivity contribution in [3.8, 4) is 0 Å². The highest BCUT2D eigenvalue weighted by atomic mass is 16.5. The molecular formula is C13H18O5. The minimum absolute atomic E-state index is 0.00991. The molecule has 0 aromatic heterocycles. The quantitative estimate of drug-likeness (QED) is 0.725. The molecule has 4 bridgehead atoms. The molecule has 4 atom stereocenters. The van der Waals surface area contributed by atoms with Gasteiger partial charge in [0.25, 0.3) is 0 Å². The van der Waals surface area contributed by atoms with Crippen molar-refractivity contribution < 1.29 is 24.5 Å². The van der Waals surface area contributed by atoms with Crippen LogP contribution in [0.15, 0.2) is 0 Å². The average molecular weight is 254 g/mol. The molecule has 0 radical (unpaired) electrons. The van der Waals surface area contributed by atoms with Crippen molar-refractivity contribution in [3.05, 3.63) is 0 Å². The summed E-state index contributed by atoms with van der Waals surface area (Å²) in [5.74, 6) is -0.550. The molecule has 5 heteroatoms. The Hall–Kier alpha value is -1.10. The topological polar surface area (TPSA) is 83.8 Å². The first-order valence-electron chi connectivity index (χ1n) is 6.54. The Morgan fingerprint density at radius 2 is 2.06 bits per heavy atom. The van der Waals surface area contributed by atoms with E-state index in [1.54, 1.807) is 0 Å². The second kappa shape index (κ2) is 3.70. The van der Waals surface area contributed by atoms with Gasteiger partial charge in [-0.25, -0.2) is 0 Å². The monoisotopic (exact) mass is 254 g/mol. The van der Waals surface area contributed by atoms with Crippen LogP contribution in [0.25, 0.3) is 0 Å². The van der Waals surface area contributed by atoms with Gasteiger partial charge in [-0.05, 0) is 43.9 Å². The molecule has 0 aromatic rings. The maximum Gasteiger partial charge on any atom is 0.312 e. The Morgan fingerprint density at radius 1 is 1.28 bits per heavy atom. The maximum atomic E-state index is 12.1. The zero-order chi connectivity index (χ0) is 13.0. The van der Waals surface area contributed by atoms with Crippen molar-refractivity contribution in [1.82, 2.24) is 0 Å². The highest BCUT2D eigenvalue weighted by molar-refractivity contribution is 5.83. The van der Waals surface area contributed by atoms with Gasteiger partial charge in [0.2, 0.25) is 0 Å². The fraction of sp³-hybridized carbons (Fsp3) is 0.846. The third-order valence-electron chi connectivity index (χ3n) is 5.21. The van der Waals surface area contributed by atoms with Crippen LogP contribution in [0.5, 0.6) is 0 Å². The van der Waals surface area contributed by atoms with Crippen LogP contribution in [0.3, 0.4) is 0 Å². The minimum Gasteiger partial charge on any atom is -0.481 e. The predicted octanol–water partition coefficient (Wildman–Crippen LogP) is 0.803. The fourth-order valence-corrected chi connectivity index (χ4v) is 4.77. The summed E-state index contributed by atoms with van der Waals surface area (Å²) < 4.78 is 5.06. The number of ether oxygens (including phenoxy) is 1.